The maximum atomic E-state index is 4.34. The highest BCUT2D eigenvalue weighted by molar-refractivity contribution is 5.06. The zero-order valence-electron chi connectivity index (χ0n) is 9.22. The van der Waals surface area contributed by atoms with Gasteiger partial charge in [0.25, 0.3) is 0 Å². The highest BCUT2D eigenvalue weighted by Gasteiger charge is 2.03. The van der Waals surface area contributed by atoms with Gasteiger partial charge in [-0.25, -0.2) is 4.98 Å². The Morgan fingerprint density at radius 2 is 2.27 bits per heavy atom. The monoisotopic (exact) mass is 204 g/mol. The minimum atomic E-state index is 0.864. The van der Waals surface area contributed by atoms with Gasteiger partial charge < -0.3 is 4.57 Å². The van der Waals surface area contributed by atoms with E-state index in [-0.39, 0.29) is 0 Å². The molecule has 0 spiro atoms. The van der Waals surface area contributed by atoms with Gasteiger partial charge in [0, 0.05) is 37.6 Å². The summed E-state index contributed by atoms with van der Waals surface area (Å²) < 4.78 is 4.01. The molecule has 2 rings (SSSR count). The molecule has 15 heavy (non-hydrogen) atoms. The Labute approximate surface area is 89.6 Å². The molecule has 2 heterocycles. The van der Waals surface area contributed by atoms with E-state index in [9.17, 15) is 0 Å². The Morgan fingerprint density at radius 3 is 2.93 bits per heavy atom. The molecule has 2 aromatic heterocycles. The van der Waals surface area contributed by atoms with Crippen molar-refractivity contribution in [2.24, 2.45) is 7.05 Å². The lowest BCUT2D eigenvalue weighted by Gasteiger charge is -2.04. The van der Waals surface area contributed by atoms with Crippen LogP contribution < -0.4 is 0 Å². The van der Waals surface area contributed by atoms with Crippen LogP contribution in [-0.2, 0) is 20.0 Å². The second kappa shape index (κ2) is 4.29. The lowest BCUT2D eigenvalue weighted by atomic mass is 10.3. The van der Waals surface area contributed by atoms with Gasteiger partial charge in [-0.05, 0) is 6.42 Å². The Balaban J connectivity index is 2.13. The van der Waals surface area contributed by atoms with E-state index in [0.717, 1.165) is 25.2 Å². The summed E-state index contributed by atoms with van der Waals surface area (Å²) in [5, 5.41) is 4.16. The Morgan fingerprint density at radius 1 is 1.40 bits per heavy atom. The van der Waals surface area contributed by atoms with Crippen LogP contribution in [0.1, 0.15) is 24.7 Å². The first-order valence-corrected chi connectivity index (χ1v) is 5.27. The molecular weight excluding hydrogens is 188 g/mol. The van der Waals surface area contributed by atoms with Gasteiger partial charge >= 0.3 is 0 Å². The molecule has 0 amide bonds. The largest absolute Gasteiger partial charge is 0.330 e. The Hall–Kier alpha value is -1.58. The normalized spacial score (nSPS) is 10.8. The summed E-state index contributed by atoms with van der Waals surface area (Å²) in [4.78, 5) is 4.34. The van der Waals surface area contributed by atoms with Crippen LogP contribution in [0.3, 0.4) is 0 Å². The smallest absolute Gasteiger partial charge is 0.108 e. The van der Waals surface area contributed by atoms with Crippen LogP contribution in [0.5, 0.6) is 0 Å². The average molecular weight is 204 g/mol. The van der Waals surface area contributed by atoms with E-state index < -0.39 is 0 Å². The summed E-state index contributed by atoms with van der Waals surface area (Å²) in [6.45, 7) is 3.03. The molecule has 0 unspecified atom stereocenters. The molecule has 2 aromatic rings. The molecule has 4 nitrogen and oxygen atoms in total. The van der Waals surface area contributed by atoms with Gasteiger partial charge in [0.05, 0.1) is 12.7 Å². The van der Waals surface area contributed by atoms with Crippen LogP contribution in [0.15, 0.2) is 24.8 Å². The van der Waals surface area contributed by atoms with Crippen molar-refractivity contribution < 1.29 is 0 Å². The third kappa shape index (κ3) is 2.26. The molecule has 0 aliphatic heterocycles. The third-order valence-corrected chi connectivity index (χ3v) is 2.39. The number of nitrogens with zero attached hydrogens (tertiary/aromatic N) is 4. The molecule has 4 heteroatoms. The van der Waals surface area contributed by atoms with Crippen molar-refractivity contribution in [2.75, 3.05) is 0 Å². The standard InChI is InChI=1S/C11H16N4/c1-3-4-11-12-5-6-15(11)9-10-7-13-14(2)8-10/h5-8H,3-4,9H2,1-2H3. The lowest BCUT2D eigenvalue weighted by Crippen LogP contribution is -2.03. The number of rotatable bonds is 4. The Kier molecular flexibility index (Phi) is 2.85. The summed E-state index contributed by atoms with van der Waals surface area (Å²) in [5.74, 6) is 1.15. The predicted molar refractivity (Wildman–Crippen MR) is 58.5 cm³/mol. The second-order valence-corrected chi connectivity index (χ2v) is 3.74. The number of aryl methyl sites for hydroxylation is 2. The summed E-state index contributed by atoms with van der Waals surface area (Å²) in [7, 11) is 1.93. The van der Waals surface area contributed by atoms with Gasteiger partial charge in [0.2, 0.25) is 0 Å². The molecule has 0 bridgehead atoms. The van der Waals surface area contributed by atoms with Crippen molar-refractivity contribution in [3.8, 4) is 0 Å². The minimum Gasteiger partial charge on any atom is -0.330 e. The van der Waals surface area contributed by atoms with Crippen LogP contribution in [0.25, 0.3) is 0 Å². The predicted octanol–water partition coefficient (Wildman–Crippen LogP) is 1.62. The van der Waals surface area contributed by atoms with Crippen molar-refractivity contribution in [1.29, 1.82) is 0 Å². The molecule has 0 atom stereocenters. The molecular formula is C11H16N4. The summed E-state index contributed by atoms with van der Waals surface area (Å²) in [6.07, 6.45) is 9.99. The van der Waals surface area contributed by atoms with Crippen molar-refractivity contribution >= 4 is 0 Å². The molecule has 0 radical (unpaired) electrons. The second-order valence-electron chi connectivity index (χ2n) is 3.74. The molecule has 0 N–H and O–H groups in total. The van der Waals surface area contributed by atoms with E-state index in [0.29, 0.717) is 0 Å². The van der Waals surface area contributed by atoms with Gasteiger partial charge in [-0.3, -0.25) is 4.68 Å². The number of hydrogen-bond acceptors (Lipinski definition) is 2. The van der Waals surface area contributed by atoms with Gasteiger partial charge in [-0.15, -0.1) is 0 Å². The SMILES string of the molecule is CCCc1nccn1Cc1cnn(C)c1. The first kappa shape index (κ1) is 9.96. The van der Waals surface area contributed by atoms with Gasteiger partial charge in [-0.2, -0.15) is 5.10 Å². The van der Waals surface area contributed by atoms with E-state index in [1.54, 1.807) is 0 Å². The van der Waals surface area contributed by atoms with Crippen LogP contribution in [0.2, 0.25) is 0 Å². The van der Waals surface area contributed by atoms with E-state index >= 15 is 0 Å². The molecule has 0 saturated heterocycles. The number of aromatic nitrogens is 4. The maximum Gasteiger partial charge on any atom is 0.108 e. The van der Waals surface area contributed by atoms with Crippen molar-refractivity contribution in [3.63, 3.8) is 0 Å². The fourth-order valence-electron chi connectivity index (χ4n) is 1.69. The van der Waals surface area contributed by atoms with Gasteiger partial charge in [-0.1, -0.05) is 6.92 Å². The van der Waals surface area contributed by atoms with E-state index in [1.165, 1.54) is 5.56 Å². The van der Waals surface area contributed by atoms with E-state index in [2.05, 4.69) is 21.6 Å². The number of imidazole rings is 1. The molecule has 0 aromatic carbocycles. The van der Waals surface area contributed by atoms with E-state index in [1.807, 2.05) is 36.5 Å². The quantitative estimate of drug-likeness (QED) is 0.758. The Bertz CT molecular complexity index is 427. The lowest BCUT2D eigenvalue weighted by molar-refractivity contribution is 0.703. The molecule has 0 fully saturated rings. The van der Waals surface area contributed by atoms with Crippen LogP contribution in [0, 0.1) is 0 Å². The summed E-state index contributed by atoms with van der Waals surface area (Å²) in [5.41, 5.74) is 1.22. The summed E-state index contributed by atoms with van der Waals surface area (Å²) in [6, 6.07) is 0. The topological polar surface area (TPSA) is 35.6 Å². The van der Waals surface area contributed by atoms with Crippen molar-refractivity contribution in [1.82, 2.24) is 19.3 Å². The number of hydrogen-bond donors (Lipinski definition) is 0. The molecule has 0 saturated carbocycles. The summed E-state index contributed by atoms with van der Waals surface area (Å²) >= 11 is 0. The minimum absolute atomic E-state index is 0.864. The van der Waals surface area contributed by atoms with Gasteiger partial charge in [0.15, 0.2) is 0 Å². The van der Waals surface area contributed by atoms with Crippen LogP contribution in [-0.4, -0.2) is 19.3 Å². The third-order valence-electron chi connectivity index (χ3n) is 2.39. The highest BCUT2D eigenvalue weighted by Crippen LogP contribution is 2.06. The first-order valence-electron chi connectivity index (χ1n) is 5.27. The zero-order chi connectivity index (χ0) is 10.7. The van der Waals surface area contributed by atoms with E-state index in [4.69, 9.17) is 0 Å². The maximum absolute atomic E-state index is 4.34. The highest BCUT2D eigenvalue weighted by atomic mass is 15.2. The van der Waals surface area contributed by atoms with Crippen LogP contribution in [0.4, 0.5) is 0 Å². The zero-order valence-corrected chi connectivity index (χ0v) is 9.22. The molecule has 0 aliphatic carbocycles. The van der Waals surface area contributed by atoms with Crippen molar-refractivity contribution in [3.05, 3.63) is 36.2 Å². The fourth-order valence-corrected chi connectivity index (χ4v) is 1.69. The fraction of sp³-hybridized carbons (Fsp3) is 0.455. The van der Waals surface area contributed by atoms with Crippen LogP contribution >= 0.6 is 0 Å². The van der Waals surface area contributed by atoms with Crippen molar-refractivity contribution in [2.45, 2.75) is 26.3 Å². The molecule has 80 valence electrons. The molecule has 0 aliphatic rings. The van der Waals surface area contributed by atoms with Gasteiger partial charge in [0.1, 0.15) is 5.82 Å². The first-order chi connectivity index (χ1) is 7.29. The average Bonchev–Trinajstić information content (AvgIpc) is 2.78.